The van der Waals surface area contributed by atoms with E-state index in [2.05, 4.69) is 30.4 Å². The number of nitrogens with zero attached hydrogens (tertiary/aromatic N) is 1. The Morgan fingerprint density at radius 1 is 1.13 bits per heavy atom. The van der Waals surface area contributed by atoms with Crippen molar-refractivity contribution < 1.29 is 4.79 Å². The number of rotatable bonds is 3. The first kappa shape index (κ1) is 17.5. The number of piperazine rings is 1. The molecule has 0 saturated carbocycles. The van der Waals surface area contributed by atoms with Crippen molar-refractivity contribution in [1.29, 1.82) is 0 Å². The van der Waals surface area contributed by atoms with E-state index in [1.54, 1.807) is 0 Å². The topological polar surface area (TPSA) is 32.3 Å². The highest BCUT2D eigenvalue weighted by molar-refractivity contribution is 5.96. The van der Waals surface area contributed by atoms with Gasteiger partial charge >= 0.3 is 0 Å². The number of hydrogen-bond acceptors (Lipinski definition) is 2. The average molecular weight is 331 g/mol. The molecule has 23 heavy (non-hydrogen) atoms. The van der Waals surface area contributed by atoms with Crippen LogP contribution in [-0.4, -0.2) is 36.5 Å². The Hall–Kier alpha value is -1.84. The van der Waals surface area contributed by atoms with E-state index in [0.717, 1.165) is 37.2 Å². The van der Waals surface area contributed by atoms with Crippen LogP contribution >= 0.6 is 12.4 Å². The molecular formula is C19H23ClN2O. The van der Waals surface area contributed by atoms with E-state index in [-0.39, 0.29) is 18.3 Å². The molecule has 1 fully saturated rings. The fourth-order valence-electron chi connectivity index (χ4n) is 2.99. The summed E-state index contributed by atoms with van der Waals surface area (Å²) in [5, 5.41) is 3.38. The minimum atomic E-state index is 0. The molecule has 1 N–H and O–H groups in total. The molecule has 2 aromatic carbocycles. The number of nitrogens with one attached hydrogen (secondary N) is 1. The van der Waals surface area contributed by atoms with Gasteiger partial charge in [0.25, 0.3) is 5.91 Å². The summed E-state index contributed by atoms with van der Waals surface area (Å²) in [6.45, 7) is 4.55. The van der Waals surface area contributed by atoms with Gasteiger partial charge in [-0.05, 0) is 30.5 Å². The van der Waals surface area contributed by atoms with Gasteiger partial charge in [0.1, 0.15) is 0 Å². The second kappa shape index (κ2) is 8.14. The van der Waals surface area contributed by atoms with Gasteiger partial charge in [-0.15, -0.1) is 12.4 Å². The highest BCUT2D eigenvalue weighted by Gasteiger charge is 2.23. The minimum absolute atomic E-state index is 0. The van der Waals surface area contributed by atoms with Gasteiger partial charge in [0.2, 0.25) is 0 Å². The van der Waals surface area contributed by atoms with Crippen molar-refractivity contribution in [3.63, 3.8) is 0 Å². The number of benzene rings is 2. The summed E-state index contributed by atoms with van der Waals surface area (Å²) in [7, 11) is 0. The number of amides is 1. The summed E-state index contributed by atoms with van der Waals surface area (Å²) in [6, 6.07) is 18.6. The first-order chi connectivity index (χ1) is 10.7. The maximum atomic E-state index is 12.9. The van der Waals surface area contributed by atoms with Crippen LogP contribution in [0, 0.1) is 0 Å². The molecule has 1 heterocycles. The van der Waals surface area contributed by atoms with E-state index in [9.17, 15) is 4.79 Å². The van der Waals surface area contributed by atoms with Gasteiger partial charge in [0.05, 0.1) is 0 Å². The van der Waals surface area contributed by atoms with Crippen LogP contribution in [0.3, 0.4) is 0 Å². The van der Waals surface area contributed by atoms with Crippen molar-refractivity contribution in [1.82, 2.24) is 10.2 Å². The van der Waals surface area contributed by atoms with Crippen LogP contribution in [0.25, 0.3) is 0 Å². The molecule has 3 rings (SSSR count). The fourth-order valence-corrected chi connectivity index (χ4v) is 2.99. The molecule has 1 saturated heterocycles. The molecular weight excluding hydrogens is 308 g/mol. The Morgan fingerprint density at radius 2 is 1.83 bits per heavy atom. The molecule has 0 aromatic heterocycles. The highest BCUT2D eigenvalue weighted by atomic mass is 35.5. The third-order valence-corrected chi connectivity index (χ3v) is 4.14. The molecule has 1 unspecified atom stereocenters. The van der Waals surface area contributed by atoms with Crippen molar-refractivity contribution in [2.24, 2.45) is 0 Å². The molecule has 0 bridgehead atoms. The number of carbonyl (C=O) groups excluding carboxylic acids is 1. The maximum absolute atomic E-state index is 12.9. The van der Waals surface area contributed by atoms with Crippen LogP contribution in [0.5, 0.6) is 0 Å². The Bertz CT molecular complexity index is 645. The fraction of sp³-hybridized carbons (Fsp3) is 0.316. The van der Waals surface area contributed by atoms with Crippen molar-refractivity contribution >= 4 is 18.3 Å². The summed E-state index contributed by atoms with van der Waals surface area (Å²) >= 11 is 0. The van der Waals surface area contributed by atoms with E-state index in [1.807, 2.05) is 41.3 Å². The predicted molar refractivity (Wildman–Crippen MR) is 96.3 cm³/mol. The SMILES string of the molecule is CC1CN(C(=O)c2ccccc2Cc2ccccc2)CCN1.Cl. The number of carbonyl (C=O) groups is 1. The largest absolute Gasteiger partial charge is 0.336 e. The van der Waals surface area contributed by atoms with Gasteiger partial charge in [-0.2, -0.15) is 0 Å². The van der Waals surface area contributed by atoms with Crippen molar-refractivity contribution in [3.05, 3.63) is 71.3 Å². The number of hydrogen-bond donors (Lipinski definition) is 1. The molecule has 0 aliphatic carbocycles. The molecule has 1 aliphatic rings. The molecule has 122 valence electrons. The Balaban J connectivity index is 0.00000192. The highest BCUT2D eigenvalue weighted by Crippen LogP contribution is 2.17. The minimum Gasteiger partial charge on any atom is -0.336 e. The third kappa shape index (κ3) is 4.34. The van der Waals surface area contributed by atoms with Crippen LogP contribution in [0.15, 0.2) is 54.6 Å². The second-order valence-corrected chi connectivity index (χ2v) is 5.93. The van der Waals surface area contributed by atoms with Gasteiger partial charge < -0.3 is 10.2 Å². The first-order valence-corrected chi connectivity index (χ1v) is 7.88. The maximum Gasteiger partial charge on any atom is 0.254 e. The molecule has 3 nitrogen and oxygen atoms in total. The van der Waals surface area contributed by atoms with Gasteiger partial charge in [-0.25, -0.2) is 0 Å². The van der Waals surface area contributed by atoms with Crippen molar-refractivity contribution in [3.8, 4) is 0 Å². The van der Waals surface area contributed by atoms with E-state index in [4.69, 9.17) is 0 Å². The zero-order valence-electron chi connectivity index (χ0n) is 13.4. The molecule has 1 atom stereocenters. The molecule has 0 radical (unpaired) electrons. The van der Waals surface area contributed by atoms with Crippen LogP contribution in [0.4, 0.5) is 0 Å². The number of halogens is 1. The van der Waals surface area contributed by atoms with E-state index < -0.39 is 0 Å². The molecule has 4 heteroatoms. The summed E-state index contributed by atoms with van der Waals surface area (Å²) in [5.74, 6) is 0.153. The van der Waals surface area contributed by atoms with Gasteiger partial charge in [0, 0.05) is 31.2 Å². The van der Waals surface area contributed by atoms with Gasteiger partial charge in [0.15, 0.2) is 0 Å². The Labute approximate surface area is 144 Å². The molecule has 1 aliphatic heterocycles. The Kier molecular flexibility index (Phi) is 6.20. The van der Waals surface area contributed by atoms with E-state index >= 15 is 0 Å². The average Bonchev–Trinajstić information content (AvgIpc) is 2.56. The van der Waals surface area contributed by atoms with Crippen LogP contribution < -0.4 is 5.32 Å². The quantitative estimate of drug-likeness (QED) is 0.937. The lowest BCUT2D eigenvalue weighted by atomic mass is 9.98. The van der Waals surface area contributed by atoms with Gasteiger partial charge in [-0.3, -0.25) is 4.79 Å². The van der Waals surface area contributed by atoms with E-state index in [0.29, 0.717) is 6.04 Å². The lowest BCUT2D eigenvalue weighted by Gasteiger charge is -2.32. The Morgan fingerprint density at radius 3 is 2.57 bits per heavy atom. The molecule has 2 aromatic rings. The lowest BCUT2D eigenvalue weighted by Crippen LogP contribution is -2.51. The van der Waals surface area contributed by atoms with Crippen LogP contribution in [-0.2, 0) is 6.42 Å². The molecule has 1 amide bonds. The normalized spacial score (nSPS) is 17.4. The van der Waals surface area contributed by atoms with E-state index in [1.165, 1.54) is 5.56 Å². The van der Waals surface area contributed by atoms with Crippen LogP contribution in [0.2, 0.25) is 0 Å². The molecule has 0 spiro atoms. The van der Waals surface area contributed by atoms with Gasteiger partial charge in [-0.1, -0.05) is 48.5 Å². The summed E-state index contributed by atoms with van der Waals surface area (Å²) < 4.78 is 0. The monoisotopic (exact) mass is 330 g/mol. The standard InChI is InChI=1S/C19H22N2O.ClH/c1-15-14-21(12-11-20-15)19(22)18-10-6-5-9-17(18)13-16-7-3-2-4-8-16;/h2-10,15,20H,11-14H2,1H3;1H. The van der Waals surface area contributed by atoms with Crippen molar-refractivity contribution in [2.45, 2.75) is 19.4 Å². The first-order valence-electron chi connectivity index (χ1n) is 7.88. The zero-order valence-corrected chi connectivity index (χ0v) is 14.2. The lowest BCUT2D eigenvalue weighted by molar-refractivity contribution is 0.0708. The summed E-state index contributed by atoms with van der Waals surface area (Å²) in [4.78, 5) is 14.8. The summed E-state index contributed by atoms with van der Waals surface area (Å²) in [5.41, 5.74) is 3.17. The predicted octanol–water partition coefficient (Wildman–Crippen LogP) is 3.13. The second-order valence-electron chi connectivity index (χ2n) is 5.93. The third-order valence-electron chi connectivity index (χ3n) is 4.14. The summed E-state index contributed by atoms with van der Waals surface area (Å²) in [6.07, 6.45) is 0.796. The zero-order chi connectivity index (χ0) is 15.4. The van der Waals surface area contributed by atoms with Crippen molar-refractivity contribution in [2.75, 3.05) is 19.6 Å². The van der Waals surface area contributed by atoms with Crippen LogP contribution in [0.1, 0.15) is 28.4 Å². The smallest absolute Gasteiger partial charge is 0.254 e.